The molecule has 1 amide bonds. The Labute approximate surface area is 197 Å². The van der Waals surface area contributed by atoms with E-state index in [4.69, 9.17) is 21.1 Å². The van der Waals surface area contributed by atoms with Crippen molar-refractivity contribution in [2.24, 2.45) is 0 Å². The maximum absolute atomic E-state index is 12.1. The molecule has 1 N–H and O–H groups in total. The molecule has 0 spiro atoms. The molecule has 0 bridgehead atoms. The number of halogens is 1. The first kappa shape index (κ1) is 22.6. The number of nitrogens with zero attached hydrogens (tertiary/aromatic N) is 1. The maximum atomic E-state index is 12.1. The quantitative estimate of drug-likeness (QED) is 0.406. The van der Waals surface area contributed by atoms with Crippen LogP contribution in [0.15, 0.2) is 67.0 Å². The predicted molar refractivity (Wildman–Crippen MR) is 127 cm³/mol. The molecule has 1 aliphatic heterocycles. The Kier molecular flexibility index (Phi) is 7.05. The lowest BCUT2D eigenvalue weighted by Gasteiger charge is -2.11. The molecule has 2 heterocycles. The van der Waals surface area contributed by atoms with Gasteiger partial charge < -0.3 is 14.8 Å². The SMILES string of the molecule is CCOC(=O)c1cccc(-c2cc(Cl)c3c(c2)CC(CNC(=O)/C=C/c2cccnc2)O3)c1. The maximum Gasteiger partial charge on any atom is 0.338 e. The summed E-state index contributed by atoms with van der Waals surface area (Å²) in [6, 6.07) is 14.8. The number of carbonyl (C=O) groups is 2. The Bertz CT molecular complexity index is 1190. The second-order valence-corrected chi connectivity index (χ2v) is 7.96. The van der Waals surface area contributed by atoms with Gasteiger partial charge in [0, 0.05) is 30.5 Å². The molecule has 7 heteroatoms. The third kappa shape index (κ3) is 5.59. The van der Waals surface area contributed by atoms with Crippen LogP contribution in [0.1, 0.15) is 28.4 Å². The molecular formula is C26H23ClN2O4. The third-order valence-corrected chi connectivity index (χ3v) is 5.46. The number of fused-ring (bicyclic) bond motifs is 1. The molecule has 1 aliphatic rings. The first-order valence-electron chi connectivity index (χ1n) is 10.7. The zero-order valence-corrected chi connectivity index (χ0v) is 18.8. The van der Waals surface area contributed by atoms with E-state index in [2.05, 4.69) is 10.3 Å². The first-order chi connectivity index (χ1) is 16.0. The fraction of sp³-hybridized carbons (Fsp3) is 0.192. The molecule has 3 aromatic rings. The highest BCUT2D eigenvalue weighted by Crippen LogP contribution is 2.39. The Balaban J connectivity index is 1.41. The number of aromatic nitrogens is 1. The summed E-state index contributed by atoms with van der Waals surface area (Å²) in [6.07, 6.45) is 6.95. The van der Waals surface area contributed by atoms with E-state index in [-0.39, 0.29) is 18.0 Å². The number of hydrogen-bond donors (Lipinski definition) is 1. The van der Waals surface area contributed by atoms with Gasteiger partial charge in [-0.2, -0.15) is 0 Å². The van der Waals surface area contributed by atoms with Gasteiger partial charge in [-0.15, -0.1) is 0 Å². The van der Waals surface area contributed by atoms with E-state index in [0.717, 1.165) is 22.3 Å². The van der Waals surface area contributed by atoms with Gasteiger partial charge in [-0.25, -0.2) is 4.79 Å². The molecule has 0 saturated carbocycles. The van der Waals surface area contributed by atoms with Gasteiger partial charge in [0.25, 0.3) is 0 Å². The van der Waals surface area contributed by atoms with E-state index in [0.29, 0.717) is 35.9 Å². The average molecular weight is 463 g/mol. The molecule has 0 radical (unpaired) electrons. The minimum absolute atomic E-state index is 0.207. The average Bonchev–Trinajstić information content (AvgIpc) is 3.26. The molecular weight excluding hydrogens is 440 g/mol. The molecule has 4 rings (SSSR count). The van der Waals surface area contributed by atoms with E-state index in [1.165, 1.54) is 6.08 Å². The van der Waals surface area contributed by atoms with Crippen LogP contribution in [0.4, 0.5) is 0 Å². The molecule has 1 aromatic heterocycles. The number of esters is 1. The van der Waals surface area contributed by atoms with Gasteiger partial charge in [0.05, 0.1) is 23.7 Å². The molecule has 0 saturated heterocycles. The molecule has 1 atom stereocenters. The highest BCUT2D eigenvalue weighted by Gasteiger charge is 2.26. The first-order valence-corrected chi connectivity index (χ1v) is 11.0. The number of benzene rings is 2. The fourth-order valence-corrected chi connectivity index (χ4v) is 3.91. The highest BCUT2D eigenvalue weighted by molar-refractivity contribution is 6.32. The van der Waals surface area contributed by atoms with Crippen molar-refractivity contribution >= 4 is 29.6 Å². The van der Waals surface area contributed by atoms with E-state index in [1.54, 1.807) is 37.5 Å². The van der Waals surface area contributed by atoms with Crippen molar-refractivity contribution in [3.8, 4) is 16.9 Å². The molecule has 2 aromatic carbocycles. The van der Waals surface area contributed by atoms with Gasteiger partial charge in [0.2, 0.25) is 5.91 Å². The third-order valence-electron chi connectivity index (χ3n) is 5.18. The summed E-state index contributed by atoms with van der Waals surface area (Å²) in [4.78, 5) is 28.2. The monoisotopic (exact) mass is 462 g/mol. The van der Waals surface area contributed by atoms with Crippen LogP contribution in [0.25, 0.3) is 17.2 Å². The molecule has 168 valence electrons. The van der Waals surface area contributed by atoms with Crippen LogP contribution in [0.3, 0.4) is 0 Å². The van der Waals surface area contributed by atoms with Crippen LogP contribution in [0.2, 0.25) is 5.02 Å². The van der Waals surface area contributed by atoms with Gasteiger partial charge in [0.15, 0.2) is 0 Å². The summed E-state index contributed by atoms with van der Waals surface area (Å²) >= 11 is 6.50. The smallest absolute Gasteiger partial charge is 0.338 e. The standard InChI is InChI=1S/C26H23ClN2O4/c1-2-32-26(31)19-7-3-6-18(11-19)20-12-21-13-22(33-25(21)23(27)14-20)16-29-24(30)9-8-17-5-4-10-28-15-17/h3-12,14-15,22H,2,13,16H2,1H3,(H,29,30)/b9-8+. The number of nitrogens with one attached hydrogen (secondary N) is 1. The van der Waals surface area contributed by atoms with Gasteiger partial charge in [-0.1, -0.05) is 29.8 Å². The van der Waals surface area contributed by atoms with Crippen molar-refractivity contribution < 1.29 is 19.1 Å². The van der Waals surface area contributed by atoms with Crippen molar-refractivity contribution in [3.05, 3.63) is 88.7 Å². The van der Waals surface area contributed by atoms with Crippen molar-refractivity contribution in [3.63, 3.8) is 0 Å². The van der Waals surface area contributed by atoms with E-state index < -0.39 is 0 Å². The van der Waals surface area contributed by atoms with Gasteiger partial charge >= 0.3 is 5.97 Å². The summed E-state index contributed by atoms with van der Waals surface area (Å²) < 4.78 is 11.1. The molecule has 6 nitrogen and oxygen atoms in total. The lowest BCUT2D eigenvalue weighted by molar-refractivity contribution is -0.116. The Morgan fingerprint density at radius 1 is 1.21 bits per heavy atom. The van der Waals surface area contributed by atoms with Crippen LogP contribution < -0.4 is 10.1 Å². The van der Waals surface area contributed by atoms with E-state index in [1.807, 2.05) is 36.4 Å². The zero-order chi connectivity index (χ0) is 23.2. The van der Waals surface area contributed by atoms with Gasteiger partial charge in [0.1, 0.15) is 11.9 Å². The number of pyridine rings is 1. The number of hydrogen-bond acceptors (Lipinski definition) is 5. The topological polar surface area (TPSA) is 77.5 Å². The Morgan fingerprint density at radius 2 is 2.09 bits per heavy atom. The van der Waals surface area contributed by atoms with Crippen molar-refractivity contribution in [2.45, 2.75) is 19.4 Å². The van der Waals surface area contributed by atoms with Gasteiger partial charge in [-0.3, -0.25) is 9.78 Å². The second kappa shape index (κ2) is 10.3. The van der Waals surface area contributed by atoms with Crippen LogP contribution in [-0.4, -0.2) is 36.1 Å². The Hall–Kier alpha value is -3.64. The van der Waals surface area contributed by atoms with Crippen LogP contribution >= 0.6 is 11.6 Å². The number of rotatable bonds is 7. The number of amides is 1. The number of carbonyl (C=O) groups excluding carboxylic acids is 2. The minimum atomic E-state index is -0.358. The summed E-state index contributed by atoms with van der Waals surface area (Å²) in [5.41, 5.74) is 4.05. The van der Waals surface area contributed by atoms with E-state index in [9.17, 15) is 9.59 Å². The van der Waals surface area contributed by atoms with Crippen molar-refractivity contribution in [1.82, 2.24) is 10.3 Å². The fourth-order valence-electron chi connectivity index (χ4n) is 3.63. The predicted octanol–water partition coefficient (Wildman–Crippen LogP) is 4.71. The van der Waals surface area contributed by atoms with Crippen LogP contribution in [0.5, 0.6) is 5.75 Å². The Morgan fingerprint density at radius 3 is 2.88 bits per heavy atom. The molecule has 1 unspecified atom stereocenters. The van der Waals surface area contributed by atoms with Crippen LogP contribution in [0, 0.1) is 0 Å². The second-order valence-electron chi connectivity index (χ2n) is 7.56. The highest BCUT2D eigenvalue weighted by atomic mass is 35.5. The summed E-state index contributed by atoms with van der Waals surface area (Å²) in [5, 5.41) is 3.36. The molecule has 33 heavy (non-hydrogen) atoms. The van der Waals surface area contributed by atoms with Crippen LogP contribution in [-0.2, 0) is 16.0 Å². The molecule has 0 aliphatic carbocycles. The summed E-state index contributed by atoms with van der Waals surface area (Å²) in [5.74, 6) is 0.0661. The summed E-state index contributed by atoms with van der Waals surface area (Å²) in [6.45, 7) is 2.45. The van der Waals surface area contributed by atoms with E-state index >= 15 is 0 Å². The minimum Gasteiger partial charge on any atom is -0.486 e. The lowest BCUT2D eigenvalue weighted by atomic mass is 9.99. The lowest BCUT2D eigenvalue weighted by Crippen LogP contribution is -2.33. The van der Waals surface area contributed by atoms with Crippen molar-refractivity contribution in [1.29, 1.82) is 0 Å². The summed E-state index contributed by atoms with van der Waals surface area (Å²) in [7, 11) is 0. The normalized spacial score (nSPS) is 14.5. The largest absolute Gasteiger partial charge is 0.486 e. The number of ether oxygens (including phenoxy) is 2. The van der Waals surface area contributed by atoms with Gasteiger partial charge in [-0.05, 0) is 60.0 Å². The molecule has 0 fully saturated rings. The zero-order valence-electron chi connectivity index (χ0n) is 18.1. The van der Waals surface area contributed by atoms with Crippen molar-refractivity contribution in [2.75, 3.05) is 13.2 Å².